The number of hydrogen-bond donors (Lipinski definition) is 0. The molecular formula is C19H16O3. The minimum Gasteiger partial charge on any atom is -0.496 e. The number of methoxy groups -OCH3 is 2. The number of ether oxygens (including phenoxy) is 2. The molecule has 0 aromatic heterocycles. The summed E-state index contributed by atoms with van der Waals surface area (Å²) < 4.78 is 11.0. The Morgan fingerprint density at radius 1 is 0.864 bits per heavy atom. The van der Waals surface area contributed by atoms with E-state index in [1.165, 1.54) is 0 Å². The van der Waals surface area contributed by atoms with Gasteiger partial charge in [-0.1, -0.05) is 54.6 Å². The van der Waals surface area contributed by atoms with E-state index in [1.807, 2.05) is 48.5 Å². The van der Waals surface area contributed by atoms with E-state index in [1.54, 1.807) is 26.4 Å². The molecule has 0 atom stereocenters. The third-order valence-corrected chi connectivity index (χ3v) is 3.65. The standard InChI is InChI=1S/C19H16O3/c1-21-16-12-14-10-6-7-11-15(14)19(22-2)17(16)18(20)13-8-4-3-5-9-13/h3-12H,1-2H3. The van der Waals surface area contributed by atoms with Crippen LogP contribution >= 0.6 is 0 Å². The number of benzene rings is 3. The third-order valence-electron chi connectivity index (χ3n) is 3.65. The second-order valence-corrected chi connectivity index (χ2v) is 4.90. The molecule has 0 spiro atoms. The lowest BCUT2D eigenvalue weighted by atomic mass is 9.97. The molecular weight excluding hydrogens is 276 g/mol. The summed E-state index contributed by atoms with van der Waals surface area (Å²) in [6, 6.07) is 18.8. The SMILES string of the molecule is COc1cc2ccccc2c(OC)c1C(=O)c1ccccc1. The second kappa shape index (κ2) is 5.90. The molecule has 3 rings (SSSR count). The molecule has 0 radical (unpaired) electrons. The molecule has 3 aromatic rings. The number of carbonyl (C=O) groups is 1. The number of fused-ring (bicyclic) bond motifs is 1. The smallest absolute Gasteiger partial charge is 0.200 e. The first-order valence-electron chi connectivity index (χ1n) is 6.99. The van der Waals surface area contributed by atoms with Crippen LogP contribution in [0.4, 0.5) is 0 Å². The van der Waals surface area contributed by atoms with Gasteiger partial charge in [0.15, 0.2) is 0 Å². The van der Waals surface area contributed by atoms with Crippen LogP contribution in [-0.2, 0) is 0 Å². The molecule has 110 valence electrons. The average molecular weight is 292 g/mol. The molecule has 0 aliphatic rings. The molecule has 3 nitrogen and oxygen atoms in total. The lowest BCUT2D eigenvalue weighted by molar-refractivity contribution is 0.103. The maximum atomic E-state index is 12.9. The van der Waals surface area contributed by atoms with E-state index < -0.39 is 0 Å². The van der Waals surface area contributed by atoms with Crippen LogP contribution in [0.25, 0.3) is 10.8 Å². The molecule has 0 amide bonds. The van der Waals surface area contributed by atoms with Crippen molar-refractivity contribution in [3.8, 4) is 11.5 Å². The first kappa shape index (κ1) is 14.1. The Bertz CT molecular complexity index is 823. The number of rotatable bonds is 4. The van der Waals surface area contributed by atoms with Crippen molar-refractivity contribution in [2.24, 2.45) is 0 Å². The van der Waals surface area contributed by atoms with Crippen LogP contribution in [0.5, 0.6) is 11.5 Å². The monoisotopic (exact) mass is 292 g/mol. The van der Waals surface area contributed by atoms with E-state index in [2.05, 4.69) is 0 Å². The van der Waals surface area contributed by atoms with E-state index >= 15 is 0 Å². The summed E-state index contributed by atoms with van der Waals surface area (Å²) in [5.74, 6) is 0.952. The van der Waals surface area contributed by atoms with Gasteiger partial charge in [0.25, 0.3) is 0 Å². The quantitative estimate of drug-likeness (QED) is 0.679. The lowest BCUT2D eigenvalue weighted by Crippen LogP contribution is -2.07. The summed E-state index contributed by atoms with van der Waals surface area (Å²) in [6.07, 6.45) is 0. The van der Waals surface area contributed by atoms with Gasteiger partial charge in [0.05, 0.1) is 14.2 Å². The highest BCUT2D eigenvalue weighted by atomic mass is 16.5. The Morgan fingerprint density at radius 2 is 1.55 bits per heavy atom. The van der Waals surface area contributed by atoms with Crippen LogP contribution < -0.4 is 9.47 Å². The fraction of sp³-hybridized carbons (Fsp3) is 0.105. The topological polar surface area (TPSA) is 35.5 Å². The molecule has 3 aromatic carbocycles. The molecule has 0 aliphatic carbocycles. The number of hydrogen-bond acceptors (Lipinski definition) is 3. The molecule has 0 saturated carbocycles. The number of ketones is 1. The Balaban J connectivity index is 2.30. The highest BCUT2D eigenvalue weighted by molar-refractivity contribution is 6.15. The fourth-order valence-corrected chi connectivity index (χ4v) is 2.61. The van der Waals surface area contributed by atoms with Gasteiger partial charge in [-0.25, -0.2) is 0 Å². The Labute approximate surface area is 129 Å². The Hall–Kier alpha value is -2.81. The lowest BCUT2D eigenvalue weighted by Gasteiger charge is -2.15. The summed E-state index contributed by atoms with van der Waals surface area (Å²) in [7, 11) is 3.13. The van der Waals surface area contributed by atoms with Crippen molar-refractivity contribution in [1.29, 1.82) is 0 Å². The largest absolute Gasteiger partial charge is 0.496 e. The van der Waals surface area contributed by atoms with Gasteiger partial charge in [-0.3, -0.25) is 4.79 Å². The summed E-state index contributed by atoms with van der Waals surface area (Å²) in [6.45, 7) is 0. The van der Waals surface area contributed by atoms with Crippen molar-refractivity contribution in [3.05, 3.63) is 71.8 Å². The first-order valence-corrected chi connectivity index (χ1v) is 6.99. The fourth-order valence-electron chi connectivity index (χ4n) is 2.61. The van der Waals surface area contributed by atoms with E-state index in [9.17, 15) is 4.79 Å². The molecule has 0 aliphatic heterocycles. The molecule has 3 heteroatoms. The highest BCUT2D eigenvalue weighted by Crippen LogP contribution is 2.38. The molecule has 0 bridgehead atoms. The first-order chi connectivity index (χ1) is 10.8. The van der Waals surface area contributed by atoms with Crippen LogP contribution in [0.15, 0.2) is 60.7 Å². The Kier molecular flexibility index (Phi) is 3.79. The molecule has 0 N–H and O–H groups in total. The molecule has 0 fully saturated rings. The van der Waals surface area contributed by atoms with Gasteiger partial charge >= 0.3 is 0 Å². The summed E-state index contributed by atoms with van der Waals surface area (Å²) in [5.41, 5.74) is 1.06. The maximum Gasteiger partial charge on any atom is 0.200 e. The van der Waals surface area contributed by atoms with Crippen molar-refractivity contribution in [2.45, 2.75) is 0 Å². The van der Waals surface area contributed by atoms with Crippen molar-refractivity contribution >= 4 is 16.6 Å². The van der Waals surface area contributed by atoms with Crippen molar-refractivity contribution in [1.82, 2.24) is 0 Å². The van der Waals surface area contributed by atoms with Gasteiger partial charge in [0.2, 0.25) is 5.78 Å². The van der Waals surface area contributed by atoms with Gasteiger partial charge in [-0.15, -0.1) is 0 Å². The van der Waals surface area contributed by atoms with Crippen molar-refractivity contribution in [3.63, 3.8) is 0 Å². The third kappa shape index (κ3) is 2.31. The van der Waals surface area contributed by atoms with Crippen LogP contribution in [0.1, 0.15) is 15.9 Å². The summed E-state index contributed by atoms with van der Waals surface area (Å²) in [4.78, 5) is 12.9. The van der Waals surface area contributed by atoms with Gasteiger partial charge in [-0.05, 0) is 11.5 Å². The van der Waals surface area contributed by atoms with E-state index in [0.717, 1.165) is 10.8 Å². The van der Waals surface area contributed by atoms with Gasteiger partial charge in [-0.2, -0.15) is 0 Å². The van der Waals surface area contributed by atoms with Crippen molar-refractivity contribution in [2.75, 3.05) is 14.2 Å². The van der Waals surface area contributed by atoms with Crippen LogP contribution in [-0.4, -0.2) is 20.0 Å². The zero-order valence-electron chi connectivity index (χ0n) is 12.5. The van der Waals surface area contributed by atoms with Gasteiger partial charge in [0, 0.05) is 10.9 Å². The van der Waals surface area contributed by atoms with Gasteiger partial charge in [0.1, 0.15) is 17.1 Å². The maximum absolute atomic E-state index is 12.9. The van der Waals surface area contributed by atoms with E-state index in [0.29, 0.717) is 22.6 Å². The van der Waals surface area contributed by atoms with E-state index in [-0.39, 0.29) is 5.78 Å². The minimum absolute atomic E-state index is 0.111. The normalized spacial score (nSPS) is 10.5. The molecule has 0 unspecified atom stereocenters. The molecule has 0 saturated heterocycles. The Morgan fingerprint density at radius 3 is 2.23 bits per heavy atom. The highest BCUT2D eigenvalue weighted by Gasteiger charge is 2.22. The molecule has 0 heterocycles. The predicted octanol–water partition coefficient (Wildman–Crippen LogP) is 4.09. The molecule has 22 heavy (non-hydrogen) atoms. The summed E-state index contributed by atoms with van der Waals surface area (Å²) in [5, 5.41) is 1.87. The van der Waals surface area contributed by atoms with E-state index in [4.69, 9.17) is 9.47 Å². The average Bonchev–Trinajstić information content (AvgIpc) is 2.60. The minimum atomic E-state index is -0.111. The van der Waals surface area contributed by atoms with Crippen molar-refractivity contribution < 1.29 is 14.3 Å². The van der Waals surface area contributed by atoms with Gasteiger partial charge < -0.3 is 9.47 Å². The zero-order valence-corrected chi connectivity index (χ0v) is 12.5. The van der Waals surface area contributed by atoms with Crippen LogP contribution in [0.3, 0.4) is 0 Å². The van der Waals surface area contributed by atoms with Crippen LogP contribution in [0, 0.1) is 0 Å². The zero-order chi connectivity index (χ0) is 15.5. The second-order valence-electron chi connectivity index (χ2n) is 4.90. The van der Waals surface area contributed by atoms with Crippen LogP contribution in [0.2, 0.25) is 0 Å². The number of carbonyl (C=O) groups excluding carboxylic acids is 1. The summed E-state index contributed by atoms with van der Waals surface area (Å²) >= 11 is 0. The predicted molar refractivity (Wildman–Crippen MR) is 86.9 cm³/mol.